The van der Waals surface area contributed by atoms with E-state index in [1.165, 1.54) is 12.1 Å². The maximum absolute atomic E-state index is 11.6. The number of aromatic nitrogens is 2. The number of hydrogen-bond donors (Lipinski definition) is 2. The van der Waals surface area contributed by atoms with Gasteiger partial charge in [0.2, 0.25) is 0 Å². The molecule has 6 nitrogen and oxygen atoms in total. The van der Waals surface area contributed by atoms with Gasteiger partial charge in [-0.25, -0.2) is 4.79 Å². The molecule has 2 N–H and O–H groups in total. The van der Waals surface area contributed by atoms with Crippen LogP contribution in [0.2, 0.25) is 0 Å². The first-order valence-corrected chi connectivity index (χ1v) is 6.07. The van der Waals surface area contributed by atoms with Crippen LogP contribution < -0.4 is 16.0 Å². The third-order valence-corrected chi connectivity index (χ3v) is 2.68. The number of nitrogens with one attached hydrogen (secondary N) is 2. The predicted octanol–water partition coefficient (Wildman–Crippen LogP) is 1.31. The average molecular weight is 262 g/mol. The minimum atomic E-state index is -0.565. The van der Waals surface area contributed by atoms with Crippen molar-refractivity contribution in [3.05, 3.63) is 39.0 Å². The molecule has 6 heteroatoms. The summed E-state index contributed by atoms with van der Waals surface area (Å²) < 4.78 is 5.13. The van der Waals surface area contributed by atoms with Gasteiger partial charge in [0.1, 0.15) is 5.75 Å². The molecule has 0 bridgehead atoms. The van der Waals surface area contributed by atoms with E-state index in [4.69, 9.17) is 4.74 Å². The number of benzene rings is 1. The monoisotopic (exact) mass is 262 g/mol. The highest BCUT2D eigenvalue weighted by Gasteiger charge is 2.07. The number of aromatic amines is 2. The summed E-state index contributed by atoms with van der Waals surface area (Å²) in [5.74, 6) is -0.0341. The first kappa shape index (κ1) is 13.1. The van der Waals surface area contributed by atoms with Gasteiger partial charge in [-0.1, -0.05) is 13.3 Å². The molecule has 2 aromatic rings. The summed E-state index contributed by atoms with van der Waals surface area (Å²) >= 11 is 0. The molecule has 0 aliphatic carbocycles. The molecule has 0 saturated carbocycles. The molecule has 1 aromatic carbocycles. The molecule has 0 spiro atoms. The van der Waals surface area contributed by atoms with E-state index < -0.39 is 11.2 Å². The Morgan fingerprint density at radius 1 is 1.26 bits per heavy atom. The van der Waals surface area contributed by atoms with Crippen LogP contribution in [0.4, 0.5) is 0 Å². The van der Waals surface area contributed by atoms with Gasteiger partial charge in [0, 0.05) is 6.42 Å². The minimum absolute atomic E-state index is 0.278. The largest absolute Gasteiger partial charge is 0.427 e. The Balaban J connectivity index is 2.29. The first-order valence-electron chi connectivity index (χ1n) is 6.07. The molecule has 0 unspecified atom stereocenters. The van der Waals surface area contributed by atoms with E-state index >= 15 is 0 Å². The van der Waals surface area contributed by atoms with Gasteiger partial charge in [0.05, 0.1) is 10.9 Å². The van der Waals surface area contributed by atoms with Crippen molar-refractivity contribution >= 4 is 16.9 Å². The van der Waals surface area contributed by atoms with Gasteiger partial charge >= 0.3 is 11.7 Å². The van der Waals surface area contributed by atoms with Crippen LogP contribution >= 0.6 is 0 Å². The van der Waals surface area contributed by atoms with Crippen molar-refractivity contribution in [1.82, 2.24) is 9.97 Å². The molecule has 0 amide bonds. The number of ether oxygens (including phenoxy) is 1. The van der Waals surface area contributed by atoms with E-state index in [2.05, 4.69) is 9.97 Å². The van der Waals surface area contributed by atoms with Gasteiger partial charge in [-0.15, -0.1) is 0 Å². The van der Waals surface area contributed by atoms with Gasteiger partial charge < -0.3 is 9.72 Å². The fourth-order valence-electron chi connectivity index (χ4n) is 1.71. The van der Waals surface area contributed by atoms with Crippen molar-refractivity contribution in [2.75, 3.05) is 0 Å². The molecule has 19 heavy (non-hydrogen) atoms. The summed E-state index contributed by atoms with van der Waals surface area (Å²) in [4.78, 5) is 38.8. The van der Waals surface area contributed by atoms with Crippen LogP contribution in [0.5, 0.6) is 5.75 Å². The molecule has 100 valence electrons. The first-order chi connectivity index (χ1) is 9.10. The zero-order chi connectivity index (χ0) is 13.8. The Morgan fingerprint density at radius 2 is 2.05 bits per heavy atom. The Bertz CT molecular complexity index is 714. The van der Waals surface area contributed by atoms with E-state index in [9.17, 15) is 14.4 Å². The normalized spacial score (nSPS) is 10.6. The molecular weight excluding hydrogens is 248 g/mol. The number of hydrogen-bond acceptors (Lipinski definition) is 4. The van der Waals surface area contributed by atoms with Crippen LogP contribution in [0.1, 0.15) is 26.2 Å². The summed E-state index contributed by atoms with van der Waals surface area (Å²) in [6.07, 6.45) is 2.02. The van der Waals surface area contributed by atoms with Crippen LogP contribution in [-0.4, -0.2) is 15.9 Å². The lowest BCUT2D eigenvalue weighted by molar-refractivity contribution is -0.134. The van der Waals surface area contributed by atoms with Crippen LogP contribution in [0.3, 0.4) is 0 Å². The summed E-state index contributed by atoms with van der Waals surface area (Å²) in [5.41, 5.74) is -0.669. The fourth-order valence-corrected chi connectivity index (χ4v) is 1.71. The van der Waals surface area contributed by atoms with E-state index in [1.807, 2.05) is 6.92 Å². The topological polar surface area (TPSA) is 92.0 Å². The maximum Gasteiger partial charge on any atom is 0.326 e. The highest BCUT2D eigenvalue weighted by Crippen LogP contribution is 2.16. The lowest BCUT2D eigenvalue weighted by Gasteiger charge is -2.04. The second-order valence-corrected chi connectivity index (χ2v) is 4.19. The van der Waals surface area contributed by atoms with Crippen molar-refractivity contribution < 1.29 is 9.53 Å². The van der Waals surface area contributed by atoms with Crippen molar-refractivity contribution in [1.29, 1.82) is 0 Å². The fraction of sp³-hybridized carbons (Fsp3) is 0.308. The molecular formula is C13H14N2O4. The molecule has 0 radical (unpaired) electrons. The van der Waals surface area contributed by atoms with Gasteiger partial charge in [-0.3, -0.25) is 14.6 Å². The molecule has 0 fully saturated rings. The lowest BCUT2D eigenvalue weighted by Crippen LogP contribution is -2.21. The Labute approximate surface area is 108 Å². The standard InChI is InChI=1S/C13H14N2O4/c1-2-3-4-11(16)19-8-5-6-10-9(7-8)12(17)15-13(18)14-10/h5-7H,2-4H2,1H3,(H2,14,15,17,18). The average Bonchev–Trinajstić information content (AvgIpc) is 2.37. The predicted molar refractivity (Wildman–Crippen MR) is 70.3 cm³/mol. The van der Waals surface area contributed by atoms with Crippen LogP contribution in [0.15, 0.2) is 27.8 Å². The number of rotatable bonds is 4. The zero-order valence-electron chi connectivity index (χ0n) is 10.5. The minimum Gasteiger partial charge on any atom is -0.427 e. The number of esters is 1. The molecule has 2 rings (SSSR count). The second-order valence-electron chi connectivity index (χ2n) is 4.19. The molecule has 0 aliphatic heterocycles. The zero-order valence-corrected chi connectivity index (χ0v) is 10.5. The van der Waals surface area contributed by atoms with Crippen molar-refractivity contribution in [3.8, 4) is 5.75 Å². The van der Waals surface area contributed by atoms with E-state index in [1.54, 1.807) is 6.07 Å². The maximum atomic E-state index is 11.6. The Morgan fingerprint density at radius 3 is 2.79 bits per heavy atom. The highest BCUT2D eigenvalue weighted by atomic mass is 16.5. The van der Waals surface area contributed by atoms with Gasteiger partial charge in [-0.05, 0) is 24.6 Å². The highest BCUT2D eigenvalue weighted by molar-refractivity contribution is 5.80. The molecule has 0 aliphatic rings. The van der Waals surface area contributed by atoms with Gasteiger partial charge in [-0.2, -0.15) is 0 Å². The molecule has 0 atom stereocenters. The number of H-pyrrole nitrogens is 2. The quantitative estimate of drug-likeness (QED) is 0.642. The number of unbranched alkanes of at least 4 members (excludes halogenated alkanes) is 1. The lowest BCUT2D eigenvalue weighted by atomic mass is 10.2. The molecule has 0 saturated heterocycles. The van der Waals surface area contributed by atoms with Crippen LogP contribution in [-0.2, 0) is 4.79 Å². The van der Waals surface area contributed by atoms with Crippen LogP contribution in [0.25, 0.3) is 10.9 Å². The van der Waals surface area contributed by atoms with Gasteiger partial charge in [0.25, 0.3) is 5.56 Å². The Hall–Kier alpha value is -2.37. The van der Waals surface area contributed by atoms with E-state index in [0.29, 0.717) is 17.7 Å². The Kier molecular flexibility index (Phi) is 3.79. The van der Waals surface area contributed by atoms with Gasteiger partial charge in [0.15, 0.2) is 0 Å². The summed E-state index contributed by atoms with van der Waals surface area (Å²) in [6, 6.07) is 4.52. The number of fused-ring (bicyclic) bond motifs is 1. The van der Waals surface area contributed by atoms with Crippen molar-refractivity contribution in [2.45, 2.75) is 26.2 Å². The summed E-state index contributed by atoms with van der Waals surface area (Å²) in [6.45, 7) is 1.99. The van der Waals surface area contributed by atoms with E-state index in [-0.39, 0.29) is 11.4 Å². The smallest absolute Gasteiger partial charge is 0.326 e. The number of carbonyl (C=O) groups is 1. The molecule has 1 aromatic heterocycles. The summed E-state index contributed by atoms with van der Waals surface area (Å²) in [5, 5.41) is 0.278. The number of carbonyl (C=O) groups excluding carboxylic acids is 1. The van der Waals surface area contributed by atoms with Crippen molar-refractivity contribution in [2.24, 2.45) is 0 Å². The van der Waals surface area contributed by atoms with Crippen molar-refractivity contribution in [3.63, 3.8) is 0 Å². The van der Waals surface area contributed by atoms with Crippen LogP contribution in [0, 0.1) is 0 Å². The third kappa shape index (κ3) is 3.09. The third-order valence-electron chi connectivity index (χ3n) is 2.68. The second kappa shape index (κ2) is 5.51. The SMILES string of the molecule is CCCCC(=O)Oc1ccc2[nH]c(=O)[nH]c(=O)c2c1. The molecule has 1 heterocycles. The summed E-state index contributed by atoms with van der Waals surface area (Å²) in [7, 11) is 0. The van der Waals surface area contributed by atoms with E-state index in [0.717, 1.165) is 12.8 Å².